The van der Waals surface area contributed by atoms with Gasteiger partial charge in [0.05, 0.1) is 24.1 Å². The summed E-state index contributed by atoms with van der Waals surface area (Å²) in [6, 6.07) is -0.589. The number of aliphatic hydroxyl groups is 1. The first-order chi connectivity index (χ1) is 8.96. The molecule has 4 atom stereocenters. The summed E-state index contributed by atoms with van der Waals surface area (Å²) >= 11 is 5.70. The SMILES string of the molecule is C=CCC[C@@H](C)C[C@H](NC(=O)[C@H](C)NC)[C@H](O)CCl. The molecule has 4 nitrogen and oxygen atoms in total. The van der Waals surface area contributed by atoms with E-state index in [2.05, 4.69) is 24.1 Å². The minimum atomic E-state index is -0.721. The van der Waals surface area contributed by atoms with Crippen molar-refractivity contribution >= 4 is 17.5 Å². The molecule has 19 heavy (non-hydrogen) atoms. The van der Waals surface area contributed by atoms with Crippen LogP contribution in [0.2, 0.25) is 0 Å². The maximum Gasteiger partial charge on any atom is 0.237 e. The van der Waals surface area contributed by atoms with Gasteiger partial charge in [0.15, 0.2) is 0 Å². The molecule has 0 unspecified atom stereocenters. The largest absolute Gasteiger partial charge is 0.390 e. The molecule has 0 saturated heterocycles. The molecule has 0 saturated carbocycles. The first kappa shape index (κ1) is 18.4. The lowest BCUT2D eigenvalue weighted by Gasteiger charge is -2.27. The van der Waals surface area contributed by atoms with E-state index >= 15 is 0 Å². The van der Waals surface area contributed by atoms with Crippen molar-refractivity contribution in [3.8, 4) is 0 Å². The highest BCUT2D eigenvalue weighted by Crippen LogP contribution is 2.16. The third kappa shape index (κ3) is 7.55. The summed E-state index contributed by atoms with van der Waals surface area (Å²) in [6.07, 6.45) is 3.80. The van der Waals surface area contributed by atoms with E-state index in [-0.39, 0.29) is 23.9 Å². The van der Waals surface area contributed by atoms with Crippen LogP contribution >= 0.6 is 11.6 Å². The predicted molar refractivity (Wildman–Crippen MR) is 80.4 cm³/mol. The van der Waals surface area contributed by atoms with Crippen molar-refractivity contribution in [1.82, 2.24) is 10.6 Å². The highest BCUT2D eigenvalue weighted by molar-refractivity contribution is 6.18. The normalized spacial score (nSPS) is 17.3. The van der Waals surface area contributed by atoms with Gasteiger partial charge in [0.2, 0.25) is 5.91 Å². The van der Waals surface area contributed by atoms with E-state index < -0.39 is 6.10 Å². The number of allylic oxidation sites excluding steroid dienone is 1. The number of aliphatic hydroxyl groups excluding tert-OH is 1. The second-order valence-electron chi connectivity index (χ2n) is 5.05. The Morgan fingerprint density at radius 3 is 2.58 bits per heavy atom. The van der Waals surface area contributed by atoms with Gasteiger partial charge in [0.1, 0.15) is 0 Å². The minimum Gasteiger partial charge on any atom is -0.390 e. The Morgan fingerprint density at radius 2 is 2.11 bits per heavy atom. The lowest BCUT2D eigenvalue weighted by Crippen LogP contribution is -2.50. The number of alkyl halides is 1. The van der Waals surface area contributed by atoms with Crippen LogP contribution in [0.15, 0.2) is 12.7 Å². The summed E-state index contributed by atoms with van der Waals surface area (Å²) in [4.78, 5) is 11.9. The zero-order valence-electron chi connectivity index (χ0n) is 12.2. The smallest absolute Gasteiger partial charge is 0.237 e. The second kappa shape index (κ2) is 10.2. The van der Waals surface area contributed by atoms with Crippen LogP contribution < -0.4 is 10.6 Å². The zero-order chi connectivity index (χ0) is 14.8. The quantitative estimate of drug-likeness (QED) is 0.424. The number of likely N-dealkylation sites (N-methyl/N-ethyl adjacent to an activating group) is 1. The molecule has 0 aromatic rings. The predicted octanol–water partition coefficient (Wildman–Crippen LogP) is 1.67. The fourth-order valence-corrected chi connectivity index (χ4v) is 2.03. The van der Waals surface area contributed by atoms with Gasteiger partial charge in [0, 0.05) is 0 Å². The van der Waals surface area contributed by atoms with E-state index in [1.54, 1.807) is 14.0 Å². The monoisotopic (exact) mass is 290 g/mol. The Hall–Kier alpha value is -0.580. The fourth-order valence-electron chi connectivity index (χ4n) is 1.81. The standard InChI is InChI=1S/C14H27ClN2O2/c1-5-6-7-10(2)8-12(13(18)9-15)17-14(19)11(3)16-4/h5,10-13,16,18H,1,6-9H2,2-4H3,(H,17,19)/t10-,11+,12+,13-/m1/s1. The average molecular weight is 291 g/mol. The van der Waals surface area contributed by atoms with E-state index in [4.69, 9.17) is 11.6 Å². The van der Waals surface area contributed by atoms with Crippen LogP contribution in [0.3, 0.4) is 0 Å². The molecule has 0 spiro atoms. The number of hydrogen-bond donors (Lipinski definition) is 3. The van der Waals surface area contributed by atoms with Gasteiger partial charge < -0.3 is 15.7 Å². The lowest BCUT2D eigenvalue weighted by molar-refractivity contribution is -0.124. The second-order valence-corrected chi connectivity index (χ2v) is 5.36. The van der Waals surface area contributed by atoms with Gasteiger partial charge >= 0.3 is 0 Å². The van der Waals surface area contributed by atoms with Gasteiger partial charge in [0.25, 0.3) is 0 Å². The molecular formula is C14H27ClN2O2. The van der Waals surface area contributed by atoms with Gasteiger partial charge in [-0.2, -0.15) is 0 Å². The minimum absolute atomic E-state index is 0.118. The van der Waals surface area contributed by atoms with Crippen molar-refractivity contribution in [2.75, 3.05) is 12.9 Å². The summed E-state index contributed by atoms with van der Waals surface area (Å²) < 4.78 is 0. The molecule has 0 radical (unpaired) electrons. The van der Waals surface area contributed by atoms with Crippen molar-refractivity contribution < 1.29 is 9.90 Å². The van der Waals surface area contributed by atoms with Crippen molar-refractivity contribution in [3.63, 3.8) is 0 Å². The number of nitrogens with one attached hydrogen (secondary N) is 2. The molecule has 0 heterocycles. The highest BCUT2D eigenvalue weighted by atomic mass is 35.5. The molecule has 3 N–H and O–H groups in total. The Morgan fingerprint density at radius 1 is 1.47 bits per heavy atom. The van der Waals surface area contributed by atoms with Crippen LogP contribution in [-0.2, 0) is 4.79 Å². The molecule has 0 aromatic heterocycles. The van der Waals surface area contributed by atoms with Crippen molar-refractivity contribution in [1.29, 1.82) is 0 Å². The number of carbonyl (C=O) groups excluding carboxylic acids is 1. The zero-order valence-corrected chi connectivity index (χ0v) is 12.9. The van der Waals surface area contributed by atoms with Crippen molar-refractivity contribution in [3.05, 3.63) is 12.7 Å². The Bertz CT molecular complexity index is 274. The summed E-state index contributed by atoms with van der Waals surface area (Å²) in [5.74, 6) is 0.395. The van der Waals surface area contributed by atoms with E-state index in [1.165, 1.54) is 0 Å². The molecule has 112 valence electrons. The fraction of sp³-hybridized carbons (Fsp3) is 0.786. The summed E-state index contributed by atoms with van der Waals surface area (Å²) in [5.41, 5.74) is 0. The molecular weight excluding hydrogens is 264 g/mol. The number of amides is 1. The topological polar surface area (TPSA) is 61.4 Å². The average Bonchev–Trinajstić information content (AvgIpc) is 2.42. The van der Waals surface area contributed by atoms with Crippen LogP contribution in [0.25, 0.3) is 0 Å². The molecule has 5 heteroatoms. The number of halogens is 1. The van der Waals surface area contributed by atoms with Gasteiger partial charge in [-0.05, 0) is 39.2 Å². The highest BCUT2D eigenvalue weighted by Gasteiger charge is 2.24. The van der Waals surface area contributed by atoms with Crippen LogP contribution in [0, 0.1) is 5.92 Å². The lowest BCUT2D eigenvalue weighted by atomic mass is 9.94. The summed E-state index contributed by atoms with van der Waals surface area (Å²) in [6.45, 7) is 7.58. The summed E-state index contributed by atoms with van der Waals surface area (Å²) in [7, 11) is 1.73. The van der Waals surface area contributed by atoms with E-state index in [0.717, 1.165) is 12.8 Å². The number of carbonyl (C=O) groups is 1. The first-order valence-electron chi connectivity index (χ1n) is 6.78. The van der Waals surface area contributed by atoms with Gasteiger partial charge in [-0.25, -0.2) is 0 Å². The maximum atomic E-state index is 11.9. The first-order valence-corrected chi connectivity index (χ1v) is 7.32. The van der Waals surface area contributed by atoms with Gasteiger partial charge in [-0.1, -0.05) is 13.0 Å². The molecule has 1 amide bonds. The Balaban J connectivity index is 4.46. The number of rotatable bonds is 10. The molecule has 0 bridgehead atoms. The van der Waals surface area contributed by atoms with Crippen LogP contribution in [0.4, 0.5) is 0 Å². The summed E-state index contributed by atoms with van der Waals surface area (Å²) in [5, 5.41) is 15.6. The molecule has 0 fully saturated rings. The van der Waals surface area contributed by atoms with Gasteiger partial charge in [-0.3, -0.25) is 4.79 Å². The molecule has 0 rings (SSSR count). The molecule has 0 aliphatic carbocycles. The Labute approximate surface area is 121 Å². The van der Waals surface area contributed by atoms with Crippen LogP contribution in [0.1, 0.15) is 33.1 Å². The molecule has 0 aromatic carbocycles. The van der Waals surface area contributed by atoms with E-state index in [0.29, 0.717) is 12.3 Å². The van der Waals surface area contributed by atoms with Crippen LogP contribution in [-0.4, -0.2) is 42.1 Å². The molecule has 0 aliphatic rings. The Kier molecular flexibility index (Phi) is 9.92. The third-order valence-corrected chi connectivity index (χ3v) is 3.61. The van der Waals surface area contributed by atoms with E-state index in [1.807, 2.05) is 6.08 Å². The third-order valence-electron chi connectivity index (χ3n) is 3.30. The van der Waals surface area contributed by atoms with Crippen molar-refractivity contribution in [2.45, 2.75) is 51.3 Å². The maximum absolute atomic E-state index is 11.9. The van der Waals surface area contributed by atoms with Crippen LogP contribution in [0.5, 0.6) is 0 Å². The van der Waals surface area contributed by atoms with Crippen molar-refractivity contribution in [2.24, 2.45) is 5.92 Å². The van der Waals surface area contributed by atoms with Gasteiger partial charge in [-0.15, -0.1) is 18.2 Å². The number of hydrogen-bond acceptors (Lipinski definition) is 3. The molecule has 0 aliphatic heterocycles. The van der Waals surface area contributed by atoms with E-state index in [9.17, 15) is 9.90 Å².